The minimum Gasteiger partial charge on any atom is -0.481 e. The number of nitrogens with one attached hydrogen (secondary N) is 1. The van der Waals surface area contributed by atoms with Crippen LogP contribution in [0.5, 0.6) is 0 Å². The third kappa shape index (κ3) is 9.04. The summed E-state index contributed by atoms with van der Waals surface area (Å²) in [6.45, 7) is 6.41. The molecule has 11 heteroatoms. The fourth-order valence-electron chi connectivity index (χ4n) is 4.36. The van der Waals surface area contributed by atoms with Crippen molar-refractivity contribution in [3.05, 3.63) is 53.7 Å². The van der Waals surface area contributed by atoms with E-state index in [1.807, 2.05) is 36.4 Å². The quantitative estimate of drug-likeness (QED) is 0.384. The SMILES string of the molecule is CCOC(=O)N1CCN(C(=O)[C@H](CCC(=O)O)NC(=O)c2cc(CCC(C)(C)O)cc(-c3ccccc3)n2)CC1. The number of hydrogen-bond donors (Lipinski definition) is 3. The van der Waals surface area contributed by atoms with Crippen molar-refractivity contribution in [2.24, 2.45) is 0 Å². The van der Waals surface area contributed by atoms with Gasteiger partial charge < -0.3 is 30.1 Å². The number of hydrogen-bond acceptors (Lipinski definition) is 7. The molecule has 1 fully saturated rings. The van der Waals surface area contributed by atoms with Crippen molar-refractivity contribution >= 4 is 23.9 Å². The third-order valence-electron chi connectivity index (χ3n) is 6.58. The number of aryl methyl sites for hydroxylation is 1. The molecule has 0 bridgehead atoms. The number of aliphatic hydroxyl groups is 1. The van der Waals surface area contributed by atoms with Crippen LogP contribution in [-0.4, -0.2) is 93.3 Å². The van der Waals surface area contributed by atoms with E-state index in [0.717, 1.165) is 11.1 Å². The Morgan fingerprint density at radius 1 is 1.05 bits per heavy atom. The number of aromatic nitrogens is 1. The van der Waals surface area contributed by atoms with Crippen LogP contribution in [0.2, 0.25) is 0 Å². The van der Waals surface area contributed by atoms with Gasteiger partial charge in [0.15, 0.2) is 0 Å². The van der Waals surface area contributed by atoms with Crippen molar-refractivity contribution in [2.45, 2.75) is 58.1 Å². The highest BCUT2D eigenvalue weighted by atomic mass is 16.6. The summed E-state index contributed by atoms with van der Waals surface area (Å²) in [6, 6.07) is 11.8. The van der Waals surface area contributed by atoms with E-state index in [4.69, 9.17) is 4.74 Å². The molecule has 1 saturated heterocycles. The Morgan fingerprint density at radius 3 is 2.30 bits per heavy atom. The fraction of sp³-hybridized carbons (Fsp3) is 0.483. The predicted octanol–water partition coefficient (Wildman–Crippen LogP) is 2.72. The predicted molar refractivity (Wildman–Crippen MR) is 148 cm³/mol. The molecule has 11 nitrogen and oxygen atoms in total. The standard InChI is InChI=1S/C29H38N4O7/c1-4-40-28(38)33-16-14-32(15-17-33)27(37)22(10-11-25(34)35)31-26(36)24-19-20(12-13-29(2,3)39)18-23(30-24)21-8-6-5-7-9-21/h5-9,18-19,22,39H,4,10-17H2,1-3H3,(H,31,36)(H,34,35)/t22-/m0/s1. The lowest BCUT2D eigenvalue weighted by Crippen LogP contribution is -2.56. The van der Waals surface area contributed by atoms with Crippen molar-refractivity contribution in [3.8, 4) is 11.3 Å². The number of amides is 3. The van der Waals surface area contributed by atoms with E-state index in [2.05, 4.69) is 10.3 Å². The molecule has 1 aliphatic rings. The molecule has 1 aliphatic heterocycles. The summed E-state index contributed by atoms with van der Waals surface area (Å²) in [5.74, 6) is -2.10. The van der Waals surface area contributed by atoms with Gasteiger partial charge in [0, 0.05) is 38.2 Å². The van der Waals surface area contributed by atoms with Gasteiger partial charge in [-0.05, 0) is 57.7 Å². The van der Waals surface area contributed by atoms with Gasteiger partial charge in [-0.3, -0.25) is 14.4 Å². The summed E-state index contributed by atoms with van der Waals surface area (Å²) in [5, 5.41) is 22.2. The number of aliphatic carboxylic acids is 1. The number of carboxylic acids is 1. The van der Waals surface area contributed by atoms with Gasteiger partial charge in [0.25, 0.3) is 5.91 Å². The summed E-state index contributed by atoms with van der Waals surface area (Å²) in [7, 11) is 0. The van der Waals surface area contributed by atoms with Crippen molar-refractivity contribution < 1.29 is 34.1 Å². The van der Waals surface area contributed by atoms with Crippen LogP contribution in [-0.2, 0) is 20.7 Å². The van der Waals surface area contributed by atoms with Gasteiger partial charge in [-0.15, -0.1) is 0 Å². The van der Waals surface area contributed by atoms with E-state index in [1.54, 1.807) is 26.8 Å². The smallest absolute Gasteiger partial charge is 0.409 e. The van der Waals surface area contributed by atoms with Crippen LogP contribution >= 0.6 is 0 Å². The first-order valence-electron chi connectivity index (χ1n) is 13.5. The molecule has 1 atom stereocenters. The molecular formula is C29H38N4O7. The first-order chi connectivity index (χ1) is 19.0. The minimum atomic E-state index is -1.09. The molecule has 3 N–H and O–H groups in total. The number of nitrogens with zero attached hydrogens (tertiary/aromatic N) is 3. The van der Waals surface area contributed by atoms with E-state index in [1.165, 1.54) is 9.80 Å². The molecule has 0 aliphatic carbocycles. The maximum Gasteiger partial charge on any atom is 0.409 e. The Labute approximate surface area is 234 Å². The molecule has 1 aromatic heterocycles. The molecule has 2 aromatic rings. The average Bonchev–Trinajstić information content (AvgIpc) is 2.93. The number of piperazine rings is 1. The van der Waals surface area contributed by atoms with Crippen LogP contribution in [0.1, 0.15) is 56.1 Å². The van der Waals surface area contributed by atoms with Crippen LogP contribution in [0.4, 0.5) is 4.79 Å². The second kappa shape index (κ2) is 13.9. The monoisotopic (exact) mass is 554 g/mol. The van der Waals surface area contributed by atoms with Crippen molar-refractivity contribution in [2.75, 3.05) is 32.8 Å². The van der Waals surface area contributed by atoms with Crippen molar-refractivity contribution in [1.29, 1.82) is 0 Å². The van der Waals surface area contributed by atoms with Crippen molar-refractivity contribution in [3.63, 3.8) is 0 Å². The van der Waals surface area contributed by atoms with E-state index in [0.29, 0.717) is 18.5 Å². The van der Waals surface area contributed by atoms with Gasteiger partial charge in [0.05, 0.1) is 17.9 Å². The van der Waals surface area contributed by atoms with E-state index >= 15 is 0 Å². The highest BCUT2D eigenvalue weighted by molar-refractivity contribution is 5.97. The first kappa shape index (κ1) is 30.6. The fourth-order valence-corrected chi connectivity index (χ4v) is 4.36. The molecule has 40 heavy (non-hydrogen) atoms. The van der Waals surface area contributed by atoms with E-state index < -0.39 is 35.5 Å². The number of ether oxygens (including phenoxy) is 1. The summed E-state index contributed by atoms with van der Waals surface area (Å²) in [5.41, 5.74) is 1.36. The number of pyridine rings is 1. The second-order valence-electron chi connectivity index (χ2n) is 10.4. The first-order valence-corrected chi connectivity index (χ1v) is 13.5. The normalized spacial score (nSPS) is 14.4. The molecule has 3 amide bonds. The maximum absolute atomic E-state index is 13.4. The molecule has 0 saturated carbocycles. The van der Waals surface area contributed by atoms with Crippen LogP contribution in [0, 0.1) is 0 Å². The third-order valence-corrected chi connectivity index (χ3v) is 6.58. The van der Waals surface area contributed by atoms with Crippen LogP contribution in [0.3, 0.4) is 0 Å². The van der Waals surface area contributed by atoms with Gasteiger partial charge in [-0.1, -0.05) is 30.3 Å². The van der Waals surface area contributed by atoms with Gasteiger partial charge in [0.1, 0.15) is 11.7 Å². The maximum atomic E-state index is 13.4. The number of benzene rings is 1. The average molecular weight is 555 g/mol. The molecule has 2 heterocycles. The zero-order chi connectivity index (χ0) is 29.3. The zero-order valence-electron chi connectivity index (χ0n) is 23.3. The largest absolute Gasteiger partial charge is 0.481 e. The number of rotatable bonds is 11. The van der Waals surface area contributed by atoms with Crippen LogP contribution in [0.15, 0.2) is 42.5 Å². The summed E-state index contributed by atoms with van der Waals surface area (Å²) in [4.78, 5) is 57.7. The molecule has 0 spiro atoms. The number of carbonyl (C=O) groups is 4. The van der Waals surface area contributed by atoms with Gasteiger partial charge in [0.2, 0.25) is 5.91 Å². The van der Waals surface area contributed by atoms with Crippen LogP contribution in [0.25, 0.3) is 11.3 Å². The lowest BCUT2D eigenvalue weighted by molar-refractivity contribution is -0.138. The molecule has 216 valence electrons. The van der Waals surface area contributed by atoms with E-state index in [9.17, 15) is 29.4 Å². The minimum absolute atomic E-state index is 0.0901. The van der Waals surface area contributed by atoms with Gasteiger partial charge in [-0.2, -0.15) is 0 Å². The molecule has 3 rings (SSSR count). The Morgan fingerprint density at radius 2 is 1.70 bits per heavy atom. The molecule has 1 aromatic carbocycles. The molecular weight excluding hydrogens is 516 g/mol. The molecule has 0 unspecified atom stereocenters. The van der Waals surface area contributed by atoms with Gasteiger partial charge in [-0.25, -0.2) is 9.78 Å². The Kier molecular flexibility index (Phi) is 10.6. The summed E-state index contributed by atoms with van der Waals surface area (Å²) >= 11 is 0. The second-order valence-corrected chi connectivity index (χ2v) is 10.4. The lowest BCUT2D eigenvalue weighted by atomic mass is 9.97. The topological polar surface area (TPSA) is 149 Å². The zero-order valence-corrected chi connectivity index (χ0v) is 23.3. The summed E-state index contributed by atoms with van der Waals surface area (Å²) < 4.78 is 5.02. The lowest BCUT2D eigenvalue weighted by Gasteiger charge is -2.35. The van der Waals surface area contributed by atoms with Gasteiger partial charge >= 0.3 is 12.1 Å². The van der Waals surface area contributed by atoms with E-state index in [-0.39, 0.29) is 51.3 Å². The Bertz CT molecular complexity index is 1190. The van der Waals surface area contributed by atoms with Crippen molar-refractivity contribution in [1.82, 2.24) is 20.1 Å². The highest BCUT2D eigenvalue weighted by Gasteiger charge is 2.31. The Hall–Kier alpha value is -3.99. The number of carbonyl (C=O) groups excluding carboxylic acids is 3. The Balaban J connectivity index is 1.81. The summed E-state index contributed by atoms with van der Waals surface area (Å²) in [6.07, 6.45) is 0.104. The highest BCUT2D eigenvalue weighted by Crippen LogP contribution is 2.22. The van der Waals surface area contributed by atoms with Crippen LogP contribution < -0.4 is 5.32 Å². The number of carboxylic acid groups (broad SMARTS) is 1. The molecule has 0 radical (unpaired) electrons.